The lowest BCUT2D eigenvalue weighted by atomic mass is 10.2. The van der Waals surface area contributed by atoms with Crippen molar-refractivity contribution in [2.24, 2.45) is 0 Å². The zero-order valence-electron chi connectivity index (χ0n) is 10.5. The van der Waals surface area contributed by atoms with Gasteiger partial charge in [0.25, 0.3) is 0 Å². The summed E-state index contributed by atoms with van der Waals surface area (Å²) in [5, 5.41) is 9.19. The van der Waals surface area contributed by atoms with Crippen LogP contribution in [0.25, 0.3) is 0 Å². The van der Waals surface area contributed by atoms with Crippen LogP contribution in [0.2, 0.25) is 0 Å². The van der Waals surface area contributed by atoms with E-state index in [9.17, 15) is 9.50 Å². The van der Waals surface area contributed by atoms with Crippen molar-refractivity contribution in [1.29, 1.82) is 0 Å². The molecular weight excluding hydrogens is 233 g/mol. The average Bonchev–Trinajstić information content (AvgIpc) is 2.84. The number of benzene rings is 1. The van der Waals surface area contributed by atoms with Crippen LogP contribution in [0.4, 0.5) is 4.39 Å². The topological polar surface area (TPSA) is 32.7 Å². The quantitative estimate of drug-likeness (QED) is 0.788. The van der Waals surface area contributed by atoms with Crippen molar-refractivity contribution in [2.75, 3.05) is 26.3 Å². The fourth-order valence-electron chi connectivity index (χ4n) is 2.38. The first-order valence-electron chi connectivity index (χ1n) is 6.53. The van der Waals surface area contributed by atoms with Crippen LogP contribution in [0, 0.1) is 5.82 Å². The minimum absolute atomic E-state index is 0.245. The first-order valence-corrected chi connectivity index (χ1v) is 6.53. The summed E-state index contributed by atoms with van der Waals surface area (Å²) >= 11 is 0. The number of halogens is 1. The third-order valence-corrected chi connectivity index (χ3v) is 3.38. The fourth-order valence-corrected chi connectivity index (χ4v) is 2.38. The number of hydrogen-bond donors (Lipinski definition) is 1. The smallest absolute Gasteiger partial charge is 0.123 e. The van der Waals surface area contributed by atoms with Crippen molar-refractivity contribution in [3.63, 3.8) is 0 Å². The monoisotopic (exact) mass is 253 g/mol. The molecule has 0 bridgehead atoms. The average molecular weight is 253 g/mol. The molecular formula is C14H20FNO2. The third-order valence-electron chi connectivity index (χ3n) is 3.38. The first-order chi connectivity index (χ1) is 8.79. The van der Waals surface area contributed by atoms with Gasteiger partial charge < -0.3 is 9.84 Å². The molecule has 0 radical (unpaired) electrons. The molecule has 1 fully saturated rings. The van der Waals surface area contributed by atoms with Crippen LogP contribution in [0.3, 0.4) is 0 Å². The molecule has 1 aliphatic heterocycles. The highest BCUT2D eigenvalue weighted by Gasteiger charge is 2.22. The third kappa shape index (κ3) is 3.68. The van der Waals surface area contributed by atoms with E-state index in [2.05, 4.69) is 4.90 Å². The first kappa shape index (κ1) is 13.3. The molecule has 18 heavy (non-hydrogen) atoms. The number of hydrogen-bond acceptors (Lipinski definition) is 3. The standard InChI is InChI=1S/C14H20FNO2/c15-12-4-6-14(7-5-12)18-10-2-9-16-8-1-3-13(16)11-17/h4-7,13,17H,1-3,8-11H2/t13-/m0/s1. The van der Waals surface area contributed by atoms with Gasteiger partial charge in [-0.15, -0.1) is 0 Å². The molecule has 100 valence electrons. The van der Waals surface area contributed by atoms with Crippen LogP contribution in [0.1, 0.15) is 19.3 Å². The van der Waals surface area contributed by atoms with Crippen LogP contribution in [0.5, 0.6) is 5.75 Å². The molecule has 3 nitrogen and oxygen atoms in total. The molecule has 1 saturated heterocycles. The molecule has 0 aromatic heterocycles. The molecule has 2 rings (SSSR count). The maximum absolute atomic E-state index is 12.7. The highest BCUT2D eigenvalue weighted by Crippen LogP contribution is 2.17. The summed E-state index contributed by atoms with van der Waals surface area (Å²) in [4.78, 5) is 2.31. The zero-order valence-corrected chi connectivity index (χ0v) is 10.5. The maximum atomic E-state index is 12.7. The molecule has 4 heteroatoms. The SMILES string of the molecule is OC[C@@H]1CCCN1CCCOc1ccc(F)cc1. The molecule has 0 spiro atoms. The van der Waals surface area contributed by atoms with E-state index in [1.54, 1.807) is 12.1 Å². The van der Waals surface area contributed by atoms with Crippen molar-refractivity contribution in [2.45, 2.75) is 25.3 Å². The van der Waals surface area contributed by atoms with Gasteiger partial charge >= 0.3 is 0 Å². The van der Waals surface area contributed by atoms with E-state index in [-0.39, 0.29) is 12.4 Å². The molecule has 0 saturated carbocycles. The van der Waals surface area contributed by atoms with Crippen molar-refractivity contribution < 1.29 is 14.2 Å². The second kappa shape index (κ2) is 6.71. The van der Waals surface area contributed by atoms with Crippen molar-refractivity contribution in [1.82, 2.24) is 4.90 Å². The highest BCUT2D eigenvalue weighted by molar-refractivity contribution is 5.21. The summed E-state index contributed by atoms with van der Waals surface area (Å²) in [5.74, 6) is 0.460. The Hall–Kier alpha value is -1.13. The van der Waals surface area contributed by atoms with Gasteiger partial charge in [0.05, 0.1) is 13.2 Å². The lowest BCUT2D eigenvalue weighted by Crippen LogP contribution is -2.33. The van der Waals surface area contributed by atoms with E-state index in [1.165, 1.54) is 18.6 Å². The molecule has 1 aromatic carbocycles. The summed E-state index contributed by atoms with van der Waals surface area (Å²) in [6.07, 6.45) is 3.19. The molecule has 1 aliphatic rings. The number of aliphatic hydroxyl groups excluding tert-OH is 1. The Balaban J connectivity index is 1.65. The predicted molar refractivity (Wildman–Crippen MR) is 68.2 cm³/mol. The van der Waals surface area contributed by atoms with Gasteiger partial charge in [0, 0.05) is 12.6 Å². The molecule has 1 aromatic rings. The number of rotatable bonds is 6. The zero-order chi connectivity index (χ0) is 12.8. The Morgan fingerprint density at radius 2 is 2.11 bits per heavy atom. The minimum Gasteiger partial charge on any atom is -0.494 e. The predicted octanol–water partition coefficient (Wildman–Crippen LogP) is 2.05. The molecule has 0 amide bonds. The van der Waals surface area contributed by atoms with Crippen LogP contribution in [-0.2, 0) is 0 Å². The number of likely N-dealkylation sites (tertiary alicyclic amines) is 1. The van der Waals surface area contributed by atoms with Gasteiger partial charge in [-0.2, -0.15) is 0 Å². The van der Waals surface area contributed by atoms with E-state index in [4.69, 9.17) is 4.74 Å². The maximum Gasteiger partial charge on any atom is 0.123 e. The lowest BCUT2D eigenvalue weighted by Gasteiger charge is -2.22. The largest absolute Gasteiger partial charge is 0.494 e. The van der Waals surface area contributed by atoms with E-state index < -0.39 is 0 Å². The molecule has 0 unspecified atom stereocenters. The summed E-state index contributed by atoms with van der Waals surface area (Å²) in [7, 11) is 0. The molecule has 1 heterocycles. The van der Waals surface area contributed by atoms with Gasteiger partial charge in [0.2, 0.25) is 0 Å². The summed E-state index contributed by atoms with van der Waals surface area (Å²) in [5.41, 5.74) is 0. The Bertz CT molecular complexity index is 355. The van der Waals surface area contributed by atoms with Gasteiger partial charge in [-0.3, -0.25) is 4.90 Å². The Kier molecular flexibility index (Phi) is 4.96. The lowest BCUT2D eigenvalue weighted by molar-refractivity contribution is 0.150. The normalized spacial score (nSPS) is 20.2. The Labute approximate surface area is 107 Å². The number of aliphatic hydroxyl groups is 1. The highest BCUT2D eigenvalue weighted by atomic mass is 19.1. The van der Waals surface area contributed by atoms with Crippen LogP contribution >= 0.6 is 0 Å². The van der Waals surface area contributed by atoms with Gasteiger partial charge in [-0.05, 0) is 50.1 Å². The van der Waals surface area contributed by atoms with Gasteiger partial charge in [0.1, 0.15) is 11.6 Å². The molecule has 0 aliphatic carbocycles. The molecule has 1 atom stereocenters. The summed E-state index contributed by atoms with van der Waals surface area (Å²) in [6.45, 7) is 2.90. The van der Waals surface area contributed by atoms with E-state index in [0.717, 1.165) is 25.9 Å². The van der Waals surface area contributed by atoms with E-state index in [1.807, 2.05) is 0 Å². The second-order valence-electron chi connectivity index (χ2n) is 4.67. The summed E-state index contributed by atoms with van der Waals surface area (Å²) < 4.78 is 18.2. The van der Waals surface area contributed by atoms with E-state index in [0.29, 0.717) is 18.4 Å². The van der Waals surface area contributed by atoms with E-state index >= 15 is 0 Å². The summed E-state index contributed by atoms with van der Waals surface area (Å²) in [6, 6.07) is 6.41. The minimum atomic E-state index is -0.245. The van der Waals surface area contributed by atoms with Crippen molar-refractivity contribution in [3.05, 3.63) is 30.1 Å². The van der Waals surface area contributed by atoms with Gasteiger partial charge in [0.15, 0.2) is 0 Å². The Morgan fingerprint density at radius 1 is 1.33 bits per heavy atom. The van der Waals surface area contributed by atoms with Crippen molar-refractivity contribution >= 4 is 0 Å². The Morgan fingerprint density at radius 3 is 2.83 bits per heavy atom. The molecule has 1 N–H and O–H groups in total. The van der Waals surface area contributed by atoms with Gasteiger partial charge in [-0.1, -0.05) is 0 Å². The van der Waals surface area contributed by atoms with Crippen LogP contribution < -0.4 is 4.74 Å². The van der Waals surface area contributed by atoms with Crippen LogP contribution in [0.15, 0.2) is 24.3 Å². The fraction of sp³-hybridized carbons (Fsp3) is 0.571. The van der Waals surface area contributed by atoms with Crippen LogP contribution in [-0.4, -0.2) is 42.4 Å². The number of nitrogens with zero attached hydrogens (tertiary/aromatic N) is 1. The number of ether oxygens (including phenoxy) is 1. The van der Waals surface area contributed by atoms with Crippen molar-refractivity contribution in [3.8, 4) is 5.75 Å². The second-order valence-corrected chi connectivity index (χ2v) is 4.67. The van der Waals surface area contributed by atoms with Gasteiger partial charge in [-0.25, -0.2) is 4.39 Å².